The van der Waals surface area contributed by atoms with Gasteiger partial charge in [0.1, 0.15) is 11.6 Å². The lowest BCUT2D eigenvalue weighted by atomic mass is 9.77. The highest BCUT2D eigenvalue weighted by Gasteiger charge is 2.18. The molecule has 6 heteroatoms. The Labute approximate surface area is 79.8 Å². The first-order valence-corrected chi connectivity index (χ1v) is 3.96. The molecule has 1 heterocycles. The molecule has 1 aromatic heterocycles. The lowest BCUT2D eigenvalue weighted by Gasteiger charge is -2.01. The highest BCUT2D eigenvalue weighted by atomic mass is 16.4. The van der Waals surface area contributed by atoms with Crippen molar-refractivity contribution in [2.24, 2.45) is 0 Å². The Morgan fingerprint density at radius 2 is 2.21 bits per heavy atom. The number of fused-ring (bicyclic) bond motifs is 1. The van der Waals surface area contributed by atoms with Gasteiger partial charge in [0.05, 0.1) is 17.4 Å². The molecule has 0 atom stereocenters. The number of rotatable bonds is 1. The standard InChI is InChI=1S/C8H6BN3O2/c10-3-5-6(9(13)14)1-2-7-8(5)12-4-11-7/h1-2,4,13-14H,(H,11,12). The van der Waals surface area contributed by atoms with Gasteiger partial charge < -0.3 is 15.0 Å². The number of aromatic amines is 1. The fraction of sp³-hybridized carbons (Fsp3) is 0. The molecular formula is C8H6BN3O2. The molecule has 0 radical (unpaired) electrons. The number of hydrogen-bond donors (Lipinski definition) is 3. The van der Waals surface area contributed by atoms with Crippen LogP contribution >= 0.6 is 0 Å². The molecule has 0 spiro atoms. The van der Waals surface area contributed by atoms with Gasteiger partial charge in [0.25, 0.3) is 0 Å². The summed E-state index contributed by atoms with van der Waals surface area (Å²) < 4.78 is 0. The van der Waals surface area contributed by atoms with E-state index in [1.807, 2.05) is 6.07 Å². The summed E-state index contributed by atoms with van der Waals surface area (Å²) in [5, 5.41) is 26.9. The molecule has 1 aromatic carbocycles. The van der Waals surface area contributed by atoms with Crippen molar-refractivity contribution in [3.8, 4) is 6.07 Å². The molecule has 2 rings (SSSR count). The van der Waals surface area contributed by atoms with Crippen LogP contribution in [0.15, 0.2) is 18.5 Å². The molecule has 0 aliphatic heterocycles. The van der Waals surface area contributed by atoms with E-state index in [1.165, 1.54) is 12.4 Å². The zero-order chi connectivity index (χ0) is 10.1. The smallest absolute Gasteiger partial charge is 0.423 e. The second kappa shape index (κ2) is 3.14. The van der Waals surface area contributed by atoms with Crippen LogP contribution in [0.1, 0.15) is 5.56 Å². The second-order valence-electron chi connectivity index (χ2n) is 2.81. The van der Waals surface area contributed by atoms with Gasteiger partial charge in [-0.2, -0.15) is 5.26 Å². The SMILES string of the molecule is N#Cc1c(B(O)O)ccc2[nH]cnc12. The van der Waals surface area contributed by atoms with Crippen molar-refractivity contribution in [3.63, 3.8) is 0 Å². The first-order chi connectivity index (χ1) is 6.74. The Bertz CT molecular complexity index is 515. The van der Waals surface area contributed by atoms with E-state index in [2.05, 4.69) is 9.97 Å². The molecule has 0 saturated carbocycles. The Kier molecular flexibility index (Phi) is 1.96. The second-order valence-corrected chi connectivity index (χ2v) is 2.81. The minimum absolute atomic E-state index is 0.173. The first-order valence-electron chi connectivity index (χ1n) is 3.96. The maximum Gasteiger partial charge on any atom is 0.489 e. The van der Waals surface area contributed by atoms with E-state index < -0.39 is 7.12 Å². The average molecular weight is 187 g/mol. The molecule has 68 valence electrons. The molecule has 0 unspecified atom stereocenters. The Hall–Kier alpha value is -1.84. The van der Waals surface area contributed by atoms with Crippen LogP contribution < -0.4 is 5.46 Å². The van der Waals surface area contributed by atoms with Crippen molar-refractivity contribution in [1.82, 2.24) is 9.97 Å². The van der Waals surface area contributed by atoms with Crippen molar-refractivity contribution in [3.05, 3.63) is 24.0 Å². The van der Waals surface area contributed by atoms with Gasteiger partial charge in [-0.15, -0.1) is 0 Å². The summed E-state index contributed by atoms with van der Waals surface area (Å²) in [7, 11) is -1.65. The Balaban J connectivity index is 2.81. The van der Waals surface area contributed by atoms with Crippen LogP contribution in [0.2, 0.25) is 0 Å². The van der Waals surface area contributed by atoms with Crippen LogP contribution in [0.25, 0.3) is 11.0 Å². The third kappa shape index (κ3) is 1.16. The summed E-state index contributed by atoms with van der Waals surface area (Å²) in [5.41, 5.74) is 1.52. The molecule has 0 fully saturated rings. The van der Waals surface area contributed by atoms with E-state index in [4.69, 9.17) is 15.3 Å². The van der Waals surface area contributed by atoms with E-state index in [0.29, 0.717) is 11.0 Å². The van der Waals surface area contributed by atoms with E-state index >= 15 is 0 Å². The lowest BCUT2D eigenvalue weighted by molar-refractivity contribution is 0.425. The third-order valence-electron chi connectivity index (χ3n) is 2.01. The molecule has 2 aromatic rings. The molecule has 3 N–H and O–H groups in total. The summed E-state index contributed by atoms with van der Waals surface area (Å²) in [6.07, 6.45) is 1.46. The van der Waals surface area contributed by atoms with Gasteiger partial charge in [0, 0.05) is 5.46 Å². The number of hydrogen-bond acceptors (Lipinski definition) is 4. The molecule has 0 saturated heterocycles. The predicted molar refractivity (Wildman–Crippen MR) is 50.6 cm³/mol. The van der Waals surface area contributed by atoms with Gasteiger partial charge in [-0.05, 0) is 6.07 Å². The van der Waals surface area contributed by atoms with Crippen LogP contribution in [0, 0.1) is 11.3 Å². The van der Waals surface area contributed by atoms with Crippen LogP contribution in [0.3, 0.4) is 0 Å². The highest BCUT2D eigenvalue weighted by molar-refractivity contribution is 6.59. The van der Waals surface area contributed by atoms with Gasteiger partial charge in [-0.25, -0.2) is 4.98 Å². The maximum absolute atomic E-state index is 9.00. The molecule has 0 amide bonds. The summed E-state index contributed by atoms with van der Waals surface area (Å²) in [6, 6.07) is 5.04. The van der Waals surface area contributed by atoms with Gasteiger partial charge in [0.15, 0.2) is 0 Å². The molecule has 0 aliphatic rings. The third-order valence-corrected chi connectivity index (χ3v) is 2.01. The molecule has 14 heavy (non-hydrogen) atoms. The van der Waals surface area contributed by atoms with E-state index in [0.717, 1.165) is 0 Å². The van der Waals surface area contributed by atoms with Crippen LogP contribution in [0.4, 0.5) is 0 Å². The monoisotopic (exact) mass is 187 g/mol. The van der Waals surface area contributed by atoms with Gasteiger partial charge in [-0.3, -0.25) is 0 Å². The minimum Gasteiger partial charge on any atom is -0.423 e. The van der Waals surface area contributed by atoms with Crippen molar-refractivity contribution in [2.75, 3.05) is 0 Å². The lowest BCUT2D eigenvalue weighted by Crippen LogP contribution is -2.32. The molecule has 5 nitrogen and oxygen atoms in total. The van der Waals surface area contributed by atoms with Crippen molar-refractivity contribution in [2.45, 2.75) is 0 Å². The first kappa shape index (κ1) is 8.75. The van der Waals surface area contributed by atoms with Crippen molar-refractivity contribution in [1.29, 1.82) is 5.26 Å². The normalized spacial score (nSPS) is 10.1. The number of H-pyrrole nitrogens is 1. The zero-order valence-corrected chi connectivity index (χ0v) is 7.10. The summed E-state index contributed by atoms with van der Waals surface area (Å²) >= 11 is 0. The largest absolute Gasteiger partial charge is 0.489 e. The van der Waals surface area contributed by atoms with E-state index in [1.54, 1.807) is 6.07 Å². The zero-order valence-electron chi connectivity index (χ0n) is 7.10. The summed E-state index contributed by atoms with van der Waals surface area (Å²) in [6.45, 7) is 0. The Morgan fingerprint density at radius 3 is 2.86 bits per heavy atom. The fourth-order valence-electron chi connectivity index (χ4n) is 1.36. The van der Waals surface area contributed by atoms with Gasteiger partial charge in [-0.1, -0.05) is 6.07 Å². The molecule has 0 aliphatic carbocycles. The van der Waals surface area contributed by atoms with Gasteiger partial charge in [0.2, 0.25) is 0 Å². The van der Waals surface area contributed by atoms with E-state index in [9.17, 15) is 0 Å². The highest BCUT2D eigenvalue weighted by Crippen LogP contribution is 2.11. The number of imidazole rings is 1. The number of nitriles is 1. The quantitative estimate of drug-likeness (QED) is 0.505. The van der Waals surface area contributed by atoms with Crippen LogP contribution in [-0.2, 0) is 0 Å². The van der Waals surface area contributed by atoms with Crippen LogP contribution in [-0.4, -0.2) is 27.1 Å². The van der Waals surface area contributed by atoms with E-state index in [-0.39, 0.29) is 11.0 Å². The topological polar surface area (TPSA) is 92.9 Å². The number of nitrogens with one attached hydrogen (secondary N) is 1. The van der Waals surface area contributed by atoms with Crippen molar-refractivity contribution < 1.29 is 10.0 Å². The summed E-state index contributed by atoms with van der Waals surface area (Å²) in [5.74, 6) is 0. The summed E-state index contributed by atoms with van der Waals surface area (Å²) in [4.78, 5) is 6.77. The number of nitrogens with zero attached hydrogens (tertiary/aromatic N) is 2. The van der Waals surface area contributed by atoms with Crippen molar-refractivity contribution >= 4 is 23.6 Å². The van der Waals surface area contributed by atoms with Crippen LogP contribution in [0.5, 0.6) is 0 Å². The van der Waals surface area contributed by atoms with Gasteiger partial charge >= 0.3 is 7.12 Å². The number of aromatic nitrogens is 2. The Morgan fingerprint density at radius 1 is 1.43 bits per heavy atom. The number of benzene rings is 1. The predicted octanol–water partition coefficient (Wildman–Crippen LogP) is -0.886. The molecular weight excluding hydrogens is 181 g/mol. The molecule has 0 bridgehead atoms. The minimum atomic E-state index is -1.65. The fourth-order valence-corrected chi connectivity index (χ4v) is 1.36. The average Bonchev–Trinajstić information content (AvgIpc) is 2.63. The maximum atomic E-state index is 9.00.